The van der Waals surface area contributed by atoms with E-state index in [-0.39, 0.29) is 5.69 Å². The maximum Gasteiger partial charge on any atom is 0.330 e. The van der Waals surface area contributed by atoms with E-state index in [1.165, 1.54) is 0 Å². The van der Waals surface area contributed by atoms with Gasteiger partial charge < -0.3 is 5.73 Å². The molecular weight excluding hydrogens is 204 g/mol. The largest absolute Gasteiger partial charge is 0.330 e. The summed E-state index contributed by atoms with van der Waals surface area (Å²) < 4.78 is 3.25. The predicted molar refractivity (Wildman–Crippen MR) is 63.4 cm³/mol. The Labute approximate surface area is 93.5 Å². The van der Waals surface area contributed by atoms with E-state index in [1.807, 2.05) is 26.0 Å². The third-order valence-electron chi connectivity index (χ3n) is 2.92. The van der Waals surface area contributed by atoms with Crippen LogP contribution in [0.1, 0.15) is 13.8 Å². The lowest BCUT2D eigenvalue weighted by molar-refractivity contribution is 0.361. The second-order valence-electron chi connectivity index (χ2n) is 4.54. The monoisotopic (exact) mass is 220 g/mol. The van der Waals surface area contributed by atoms with Gasteiger partial charge in [-0.2, -0.15) is 0 Å². The topological polar surface area (TPSA) is 65.8 Å². The molecule has 0 fully saturated rings. The summed E-state index contributed by atoms with van der Waals surface area (Å²) in [7, 11) is 1.75. The van der Waals surface area contributed by atoms with Crippen LogP contribution in [0.5, 0.6) is 0 Å². The van der Waals surface area contributed by atoms with Gasteiger partial charge in [-0.1, -0.05) is 0 Å². The summed E-state index contributed by atoms with van der Waals surface area (Å²) >= 11 is 0. The SMILES string of the molecule is Cn1c(=O)n(C(C)(C)CN)c2ncccc21. The van der Waals surface area contributed by atoms with Crippen molar-refractivity contribution >= 4 is 11.2 Å². The molecule has 0 unspecified atom stereocenters. The Morgan fingerprint density at radius 1 is 1.50 bits per heavy atom. The maximum atomic E-state index is 12.1. The van der Waals surface area contributed by atoms with E-state index in [9.17, 15) is 4.79 Å². The normalized spacial score (nSPS) is 12.2. The molecule has 2 aromatic heterocycles. The Kier molecular flexibility index (Phi) is 2.35. The molecule has 0 atom stereocenters. The summed E-state index contributed by atoms with van der Waals surface area (Å²) in [6, 6.07) is 3.70. The van der Waals surface area contributed by atoms with Crippen LogP contribution >= 0.6 is 0 Å². The number of pyridine rings is 1. The number of fused-ring (bicyclic) bond motifs is 1. The third-order valence-corrected chi connectivity index (χ3v) is 2.92. The standard InChI is InChI=1S/C11H16N4O/c1-11(2,7-12)15-9-8(5-4-6-13-9)14(3)10(15)16/h4-6H,7,12H2,1-3H3. The van der Waals surface area contributed by atoms with Crippen LogP contribution in [0.4, 0.5) is 0 Å². The summed E-state index contributed by atoms with van der Waals surface area (Å²) in [5.41, 5.74) is 6.72. The van der Waals surface area contributed by atoms with Crippen LogP contribution in [0.3, 0.4) is 0 Å². The van der Waals surface area contributed by atoms with Gasteiger partial charge in [0.1, 0.15) is 0 Å². The van der Waals surface area contributed by atoms with E-state index < -0.39 is 5.54 Å². The molecule has 0 aliphatic carbocycles. The summed E-state index contributed by atoms with van der Waals surface area (Å²) in [5, 5.41) is 0. The molecule has 2 N–H and O–H groups in total. The second kappa shape index (κ2) is 3.45. The van der Waals surface area contributed by atoms with E-state index in [2.05, 4.69) is 4.98 Å². The third kappa shape index (κ3) is 1.36. The first-order valence-corrected chi connectivity index (χ1v) is 5.22. The minimum Gasteiger partial charge on any atom is -0.328 e. The number of nitrogens with two attached hydrogens (primary N) is 1. The Bertz CT molecular complexity index is 579. The van der Waals surface area contributed by atoms with E-state index in [1.54, 1.807) is 22.4 Å². The smallest absolute Gasteiger partial charge is 0.328 e. The summed E-state index contributed by atoms with van der Waals surface area (Å²) in [4.78, 5) is 16.4. The van der Waals surface area contributed by atoms with E-state index >= 15 is 0 Å². The molecule has 86 valence electrons. The summed E-state index contributed by atoms with van der Waals surface area (Å²) in [6.07, 6.45) is 1.69. The molecule has 0 spiro atoms. The highest BCUT2D eigenvalue weighted by atomic mass is 16.1. The van der Waals surface area contributed by atoms with E-state index in [0.717, 1.165) is 5.52 Å². The van der Waals surface area contributed by atoms with Gasteiger partial charge in [0.2, 0.25) is 0 Å². The molecule has 0 saturated carbocycles. The minimum absolute atomic E-state index is 0.0795. The maximum absolute atomic E-state index is 12.1. The molecule has 5 nitrogen and oxygen atoms in total. The average molecular weight is 220 g/mol. The average Bonchev–Trinajstić information content (AvgIpc) is 2.53. The first-order valence-electron chi connectivity index (χ1n) is 5.22. The molecule has 0 aliphatic rings. The molecule has 0 saturated heterocycles. The second-order valence-corrected chi connectivity index (χ2v) is 4.54. The van der Waals surface area contributed by atoms with Gasteiger partial charge >= 0.3 is 5.69 Å². The van der Waals surface area contributed by atoms with Crippen molar-refractivity contribution in [1.82, 2.24) is 14.1 Å². The molecule has 0 aliphatic heterocycles. The number of imidazole rings is 1. The van der Waals surface area contributed by atoms with Gasteiger partial charge in [-0.25, -0.2) is 9.78 Å². The van der Waals surface area contributed by atoms with Crippen molar-refractivity contribution in [2.24, 2.45) is 12.8 Å². The number of aromatic nitrogens is 3. The number of rotatable bonds is 2. The van der Waals surface area contributed by atoms with Gasteiger partial charge in [0, 0.05) is 19.8 Å². The quantitative estimate of drug-likeness (QED) is 0.798. The van der Waals surface area contributed by atoms with Crippen LogP contribution in [0.15, 0.2) is 23.1 Å². The van der Waals surface area contributed by atoms with Gasteiger partial charge in [0.25, 0.3) is 0 Å². The minimum atomic E-state index is -0.426. The highest BCUT2D eigenvalue weighted by Crippen LogP contribution is 2.17. The molecule has 0 amide bonds. The van der Waals surface area contributed by atoms with E-state index in [4.69, 9.17) is 5.73 Å². The van der Waals surface area contributed by atoms with Crippen molar-refractivity contribution < 1.29 is 0 Å². The van der Waals surface area contributed by atoms with Crippen LogP contribution in [0.25, 0.3) is 11.2 Å². The van der Waals surface area contributed by atoms with E-state index in [0.29, 0.717) is 12.2 Å². The van der Waals surface area contributed by atoms with Crippen molar-refractivity contribution in [3.8, 4) is 0 Å². The van der Waals surface area contributed by atoms with Gasteiger partial charge in [-0.3, -0.25) is 9.13 Å². The molecule has 5 heteroatoms. The van der Waals surface area contributed by atoms with Crippen LogP contribution < -0.4 is 11.4 Å². The van der Waals surface area contributed by atoms with Gasteiger partial charge in [0.15, 0.2) is 5.65 Å². The lowest BCUT2D eigenvalue weighted by Crippen LogP contribution is -2.42. The Balaban J connectivity index is 2.90. The molecule has 0 aromatic carbocycles. The lowest BCUT2D eigenvalue weighted by atomic mass is 10.1. The van der Waals surface area contributed by atoms with Gasteiger partial charge in [0.05, 0.1) is 11.1 Å². The van der Waals surface area contributed by atoms with Crippen LogP contribution in [0.2, 0.25) is 0 Å². The van der Waals surface area contributed by atoms with Crippen molar-refractivity contribution in [2.45, 2.75) is 19.4 Å². The van der Waals surface area contributed by atoms with Crippen molar-refractivity contribution in [2.75, 3.05) is 6.54 Å². The lowest BCUT2D eigenvalue weighted by Gasteiger charge is -2.23. The van der Waals surface area contributed by atoms with Crippen LogP contribution in [-0.2, 0) is 12.6 Å². The Morgan fingerprint density at radius 3 is 2.81 bits per heavy atom. The molecule has 2 rings (SSSR count). The molecule has 0 radical (unpaired) electrons. The molecule has 16 heavy (non-hydrogen) atoms. The van der Waals surface area contributed by atoms with Crippen molar-refractivity contribution in [3.63, 3.8) is 0 Å². The summed E-state index contributed by atoms with van der Waals surface area (Å²) in [5.74, 6) is 0. The predicted octanol–water partition coefficient (Wildman–Crippen LogP) is 0.429. The van der Waals surface area contributed by atoms with Crippen LogP contribution in [0, 0.1) is 0 Å². The van der Waals surface area contributed by atoms with Crippen LogP contribution in [-0.4, -0.2) is 20.7 Å². The Morgan fingerprint density at radius 2 is 2.19 bits per heavy atom. The first-order chi connectivity index (χ1) is 7.49. The molecule has 0 bridgehead atoms. The van der Waals surface area contributed by atoms with Crippen molar-refractivity contribution in [3.05, 3.63) is 28.8 Å². The number of aryl methyl sites for hydroxylation is 1. The number of hydrogen-bond donors (Lipinski definition) is 1. The van der Waals surface area contributed by atoms with Gasteiger partial charge in [-0.05, 0) is 26.0 Å². The zero-order valence-corrected chi connectivity index (χ0v) is 9.77. The molecule has 2 heterocycles. The fraction of sp³-hybridized carbons (Fsp3) is 0.455. The van der Waals surface area contributed by atoms with Gasteiger partial charge in [-0.15, -0.1) is 0 Å². The zero-order chi connectivity index (χ0) is 11.9. The molecular formula is C11H16N4O. The number of hydrogen-bond acceptors (Lipinski definition) is 3. The Hall–Kier alpha value is -1.62. The van der Waals surface area contributed by atoms with Crippen molar-refractivity contribution in [1.29, 1.82) is 0 Å². The number of nitrogens with zero attached hydrogens (tertiary/aromatic N) is 3. The summed E-state index contributed by atoms with van der Waals surface area (Å²) in [6.45, 7) is 4.26. The first kappa shape index (κ1) is 10.9. The highest BCUT2D eigenvalue weighted by Gasteiger charge is 2.25. The zero-order valence-electron chi connectivity index (χ0n) is 9.77. The molecule has 2 aromatic rings. The highest BCUT2D eigenvalue weighted by molar-refractivity contribution is 5.71. The fourth-order valence-electron chi connectivity index (χ4n) is 1.80. The fourth-order valence-corrected chi connectivity index (χ4v) is 1.80.